The minimum absolute atomic E-state index is 0.692. The maximum atomic E-state index is 6.72. The van der Waals surface area contributed by atoms with Crippen LogP contribution in [0.1, 0.15) is 5.56 Å². The maximum absolute atomic E-state index is 6.72. The molecule has 0 aliphatic rings. The van der Waals surface area contributed by atoms with Crippen LogP contribution in [0.5, 0.6) is 0 Å². The molecule has 0 bridgehead atoms. The number of hydrogen-bond acceptors (Lipinski definition) is 0. The SMILES string of the molecule is [C-]#[N+]c1ccc(C[CH+][CH2-])cc1. The Labute approximate surface area is 67.5 Å². The van der Waals surface area contributed by atoms with Crippen LogP contribution in [0.15, 0.2) is 24.3 Å². The van der Waals surface area contributed by atoms with Crippen LogP contribution in [0.4, 0.5) is 5.69 Å². The Hall–Kier alpha value is -1.42. The monoisotopic (exact) mass is 143 g/mol. The van der Waals surface area contributed by atoms with Gasteiger partial charge in [0.05, 0.1) is 13.0 Å². The van der Waals surface area contributed by atoms with Crippen molar-refractivity contribution < 1.29 is 0 Å². The van der Waals surface area contributed by atoms with Crippen LogP contribution in [0.3, 0.4) is 0 Å². The summed E-state index contributed by atoms with van der Waals surface area (Å²) in [6, 6.07) is 7.56. The molecule has 0 unspecified atom stereocenters. The number of nitrogens with zero attached hydrogens (tertiary/aromatic N) is 1. The van der Waals surface area contributed by atoms with Crippen LogP contribution in [0.2, 0.25) is 0 Å². The summed E-state index contributed by atoms with van der Waals surface area (Å²) in [4.78, 5) is 3.30. The lowest BCUT2D eigenvalue weighted by atomic mass is 10.1. The molecule has 54 valence electrons. The van der Waals surface area contributed by atoms with Crippen molar-refractivity contribution in [2.75, 3.05) is 0 Å². The Morgan fingerprint density at radius 2 is 2.00 bits per heavy atom. The van der Waals surface area contributed by atoms with Crippen molar-refractivity contribution in [1.29, 1.82) is 0 Å². The molecule has 0 fully saturated rings. The first-order valence-electron chi connectivity index (χ1n) is 3.44. The predicted octanol–water partition coefficient (Wildman–Crippen LogP) is 2.82. The highest BCUT2D eigenvalue weighted by molar-refractivity contribution is 5.45. The third-order valence-corrected chi connectivity index (χ3v) is 1.45. The van der Waals surface area contributed by atoms with E-state index in [1.807, 2.05) is 30.7 Å². The van der Waals surface area contributed by atoms with Gasteiger partial charge < -0.3 is 0 Å². The minimum Gasteiger partial charge on any atom is -0.238 e. The fourth-order valence-corrected chi connectivity index (χ4v) is 0.873. The van der Waals surface area contributed by atoms with Crippen LogP contribution in [-0.4, -0.2) is 0 Å². The molecule has 1 aromatic rings. The number of benzene rings is 1. The van der Waals surface area contributed by atoms with Crippen molar-refractivity contribution in [2.45, 2.75) is 6.42 Å². The number of rotatable bonds is 2. The fourth-order valence-electron chi connectivity index (χ4n) is 0.873. The zero-order valence-corrected chi connectivity index (χ0v) is 6.25. The van der Waals surface area contributed by atoms with Gasteiger partial charge in [-0.25, -0.2) is 4.85 Å². The predicted molar refractivity (Wildman–Crippen MR) is 46.1 cm³/mol. The summed E-state index contributed by atoms with van der Waals surface area (Å²) in [5.74, 6) is 0. The molecule has 11 heavy (non-hydrogen) atoms. The zero-order chi connectivity index (χ0) is 8.10. The smallest absolute Gasteiger partial charge is 0.187 e. The summed E-state index contributed by atoms with van der Waals surface area (Å²) >= 11 is 0. The van der Waals surface area contributed by atoms with Crippen LogP contribution in [0.25, 0.3) is 4.85 Å². The highest BCUT2D eigenvalue weighted by atomic mass is 14.6. The summed E-state index contributed by atoms with van der Waals surface area (Å²) < 4.78 is 0. The summed E-state index contributed by atoms with van der Waals surface area (Å²) in [7, 11) is 0. The lowest BCUT2D eigenvalue weighted by molar-refractivity contribution is 1.20. The third kappa shape index (κ3) is 2.01. The Balaban J connectivity index is 2.76. The largest absolute Gasteiger partial charge is 0.238 e. The summed E-state index contributed by atoms with van der Waals surface area (Å²) in [6.07, 6.45) is 2.73. The first-order valence-corrected chi connectivity index (χ1v) is 3.44. The fraction of sp³-hybridized carbons (Fsp3) is 0.100. The molecule has 1 aromatic carbocycles. The highest BCUT2D eigenvalue weighted by Gasteiger charge is 1.93. The van der Waals surface area contributed by atoms with Gasteiger partial charge in [-0.15, -0.1) is 6.92 Å². The van der Waals surface area contributed by atoms with Gasteiger partial charge in [-0.05, 0) is 5.56 Å². The second-order valence-electron chi connectivity index (χ2n) is 2.27. The topological polar surface area (TPSA) is 4.36 Å². The van der Waals surface area contributed by atoms with Crippen molar-refractivity contribution >= 4 is 5.69 Å². The van der Waals surface area contributed by atoms with E-state index in [1.54, 1.807) is 0 Å². The Kier molecular flexibility index (Phi) is 2.57. The van der Waals surface area contributed by atoms with Crippen molar-refractivity contribution in [3.05, 3.63) is 54.6 Å². The van der Waals surface area contributed by atoms with E-state index < -0.39 is 0 Å². The normalized spacial score (nSPS) is 8.73. The van der Waals surface area contributed by atoms with Gasteiger partial charge in [0.15, 0.2) is 5.69 Å². The van der Waals surface area contributed by atoms with Crippen LogP contribution < -0.4 is 0 Å². The van der Waals surface area contributed by atoms with Crippen LogP contribution in [0, 0.1) is 19.9 Å². The first-order chi connectivity index (χ1) is 5.36. The van der Waals surface area contributed by atoms with Gasteiger partial charge in [-0.3, -0.25) is 0 Å². The molecule has 1 rings (SSSR count). The summed E-state index contributed by atoms with van der Waals surface area (Å²) in [6.45, 7) is 10.4. The lowest BCUT2D eigenvalue weighted by Gasteiger charge is -1.93. The molecule has 1 heteroatoms. The Bertz CT molecular complexity index is 253. The molecular formula is C10H9N. The lowest BCUT2D eigenvalue weighted by Crippen LogP contribution is -1.80. The first kappa shape index (κ1) is 7.68. The Morgan fingerprint density at radius 1 is 1.36 bits per heavy atom. The molecule has 0 spiro atoms. The molecule has 0 aliphatic heterocycles. The Morgan fingerprint density at radius 3 is 2.45 bits per heavy atom. The van der Waals surface area contributed by atoms with Gasteiger partial charge in [0.1, 0.15) is 0 Å². The van der Waals surface area contributed by atoms with Crippen molar-refractivity contribution in [1.82, 2.24) is 0 Å². The van der Waals surface area contributed by atoms with Crippen molar-refractivity contribution in [2.24, 2.45) is 0 Å². The van der Waals surface area contributed by atoms with E-state index in [0.29, 0.717) is 5.69 Å². The van der Waals surface area contributed by atoms with E-state index in [4.69, 9.17) is 6.57 Å². The van der Waals surface area contributed by atoms with Gasteiger partial charge in [-0.2, -0.15) is 0 Å². The molecule has 0 radical (unpaired) electrons. The maximum Gasteiger partial charge on any atom is 0.187 e. The van der Waals surface area contributed by atoms with E-state index in [2.05, 4.69) is 11.8 Å². The molecule has 0 aliphatic carbocycles. The van der Waals surface area contributed by atoms with Gasteiger partial charge in [0.2, 0.25) is 0 Å². The van der Waals surface area contributed by atoms with Crippen molar-refractivity contribution in [3.63, 3.8) is 0 Å². The molecule has 0 atom stereocenters. The standard InChI is InChI=1S/C10H9N/c1-3-4-9-5-7-10(11-2)8-6-9/h3,5-8H,1,4H2. The third-order valence-electron chi connectivity index (χ3n) is 1.45. The van der Waals surface area contributed by atoms with Gasteiger partial charge >= 0.3 is 0 Å². The zero-order valence-electron chi connectivity index (χ0n) is 6.25. The molecule has 0 amide bonds. The average Bonchev–Trinajstić information content (AvgIpc) is 2.07. The molecule has 1 nitrogen and oxygen atoms in total. The molecule has 0 heterocycles. The van der Waals surface area contributed by atoms with E-state index in [0.717, 1.165) is 6.42 Å². The molecule has 0 N–H and O–H groups in total. The molecule has 0 aromatic heterocycles. The quantitative estimate of drug-likeness (QED) is 0.561. The highest BCUT2D eigenvalue weighted by Crippen LogP contribution is 2.12. The summed E-state index contributed by atoms with van der Waals surface area (Å²) in [5, 5.41) is 0. The van der Waals surface area contributed by atoms with E-state index in [-0.39, 0.29) is 0 Å². The van der Waals surface area contributed by atoms with E-state index in [9.17, 15) is 0 Å². The van der Waals surface area contributed by atoms with E-state index in [1.165, 1.54) is 5.56 Å². The second kappa shape index (κ2) is 3.68. The van der Waals surface area contributed by atoms with Gasteiger partial charge in [0, 0.05) is 0 Å². The molecule has 0 saturated carbocycles. The minimum atomic E-state index is 0.692. The van der Waals surface area contributed by atoms with Gasteiger partial charge in [-0.1, -0.05) is 30.7 Å². The molecule has 0 saturated heterocycles. The van der Waals surface area contributed by atoms with Crippen LogP contribution in [-0.2, 0) is 6.42 Å². The van der Waals surface area contributed by atoms with Gasteiger partial charge in [0.25, 0.3) is 0 Å². The van der Waals surface area contributed by atoms with Crippen LogP contribution >= 0.6 is 0 Å². The second-order valence-corrected chi connectivity index (χ2v) is 2.27. The summed E-state index contributed by atoms with van der Waals surface area (Å²) in [5.41, 5.74) is 1.89. The average molecular weight is 143 g/mol. The number of hydrogen-bond donors (Lipinski definition) is 0. The molecular weight excluding hydrogens is 134 g/mol. The van der Waals surface area contributed by atoms with Crippen molar-refractivity contribution in [3.8, 4) is 0 Å². The van der Waals surface area contributed by atoms with E-state index >= 15 is 0 Å².